The zero-order chi connectivity index (χ0) is 64.8. The molecule has 4 fully saturated rings. The van der Waals surface area contributed by atoms with Crippen LogP contribution in [-0.2, 0) is 46.1 Å². The van der Waals surface area contributed by atoms with Gasteiger partial charge in [0.25, 0.3) is 23.6 Å². The Morgan fingerprint density at radius 2 is 0.913 bits per heavy atom. The molecule has 8 N–H and O–H groups in total. The lowest BCUT2D eigenvalue weighted by atomic mass is 9.67. The van der Waals surface area contributed by atoms with Gasteiger partial charge in [0.1, 0.15) is 12.1 Å². The summed E-state index contributed by atoms with van der Waals surface area (Å²) in [5.41, 5.74) is 8.35. The van der Waals surface area contributed by atoms with Crippen LogP contribution in [0.1, 0.15) is 196 Å². The van der Waals surface area contributed by atoms with E-state index < -0.39 is 10.8 Å². The number of rotatable bonds is 21. The number of nitrogens with one attached hydrogen (secondary N) is 8. The van der Waals surface area contributed by atoms with Crippen molar-refractivity contribution in [2.45, 2.75) is 153 Å². The maximum absolute atomic E-state index is 13.3. The third kappa shape index (κ3) is 14.4. The number of aromatic amines is 2. The van der Waals surface area contributed by atoms with Crippen molar-refractivity contribution in [1.29, 1.82) is 10.5 Å². The first-order chi connectivity index (χ1) is 44.8. The Bertz CT molecular complexity index is 3560. The summed E-state index contributed by atoms with van der Waals surface area (Å²) in [5.74, 6) is 0.583. The van der Waals surface area contributed by atoms with Gasteiger partial charge in [0.15, 0.2) is 11.6 Å². The Morgan fingerprint density at radius 3 is 1.26 bits per heavy atom. The van der Waals surface area contributed by atoms with Crippen molar-refractivity contribution in [2.24, 2.45) is 5.92 Å². The number of nitrogens with zero attached hydrogens (tertiary/aromatic N) is 10. The monoisotopic (exact) mass is 1250 g/mol. The molecule has 2 aliphatic heterocycles. The van der Waals surface area contributed by atoms with Crippen molar-refractivity contribution < 1.29 is 28.8 Å². The van der Waals surface area contributed by atoms with E-state index in [1.807, 2.05) is 100 Å². The Kier molecular flexibility index (Phi) is 21.6. The van der Waals surface area contributed by atoms with Gasteiger partial charge in [-0.05, 0) is 210 Å². The standard InChI is InChI=1S/C34H41N9O3.C31H37N9O3.C3H6/c1-3-36-31(45)24-11-13-27-22(16-24)9-10-23-17-25(32(46)37-4-2)12-14-28(23)34(27,33-39-41-42-40-33)18-29(21-7-8-21)38-20-30(44)43-15-5-6-26(43)19-35;1-3-34-28(42)22-9-11-25-20(16-22)7-8-21-17-23(29(43)35-4-2)10-12-26(21)31(25,30-36-38-39-37-30)13-14-33-19-27(41)40-15-5-6-24(40)18-32;1-2-3-1/h11-14,16-17,21,26,29,38H,3-10,15,18,20H2,1-2H3,(H,36,45)(H,37,46)(H,39,40,41,42);9-12,16-17,24,33H,3-8,13-15,19H2,1-2H3,(H,34,42)(H,35,43)(H,36,37,38,39);1-3H2/t26-,29+;24-;/m00./s1. The average Bonchev–Trinajstić information content (AvgIpc) is 1.42. The largest absolute Gasteiger partial charge is 0.352 e. The van der Waals surface area contributed by atoms with Crippen LogP contribution >= 0.6 is 0 Å². The van der Waals surface area contributed by atoms with E-state index in [2.05, 4.69) is 85.3 Å². The lowest BCUT2D eigenvalue weighted by Gasteiger charge is -2.37. The van der Waals surface area contributed by atoms with E-state index in [1.165, 1.54) is 19.3 Å². The highest BCUT2D eigenvalue weighted by molar-refractivity contribution is 5.96. The van der Waals surface area contributed by atoms with Crippen LogP contribution in [0.25, 0.3) is 0 Å². The lowest BCUT2D eigenvalue weighted by molar-refractivity contribution is -0.131. The number of hydrogen-bond donors (Lipinski definition) is 8. The molecule has 2 saturated carbocycles. The lowest BCUT2D eigenvalue weighted by Crippen LogP contribution is -2.47. The molecule has 0 unspecified atom stereocenters. The van der Waals surface area contributed by atoms with Crippen molar-refractivity contribution in [1.82, 2.24) is 82.9 Å². The fourth-order valence-electron chi connectivity index (χ4n) is 13.7. The first kappa shape index (κ1) is 65.7. The van der Waals surface area contributed by atoms with Gasteiger partial charge in [-0.25, -0.2) is 0 Å². The van der Waals surface area contributed by atoms with Crippen LogP contribution in [0.3, 0.4) is 0 Å². The van der Waals surface area contributed by atoms with Crippen molar-refractivity contribution in [2.75, 3.05) is 58.9 Å². The number of carbonyl (C=O) groups is 6. The molecule has 92 heavy (non-hydrogen) atoms. The number of nitriles is 2. The van der Waals surface area contributed by atoms with Crippen LogP contribution in [0.4, 0.5) is 0 Å². The second-order valence-electron chi connectivity index (χ2n) is 24.5. The molecule has 4 aromatic carbocycles. The highest BCUT2D eigenvalue weighted by Gasteiger charge is 2.49. The number of carbonyl (C=O) groups excluding carboxylic acids is 6. The maximum atomic E-state index is 13.3. The molecule has 4 aliphatic carbocycles. The molecule has 482 valence electrons. The van der Waals surface area contributed by atoms with Gasteiger partial charge in [-0.1, -0.05) is 54.0 Å². The number of hydrogen-bond acceptors (Lipinski definition) is 16. The quantitative estimate of drug-likeness (QED) is 0.0429. The molecule has 2 saturated heterocycles. The van der Waals surface area contributed by atoms with Gasteiger partial charge in [-0.3, -0.25) is 28.8 Å². The summed E-state index contributed by atoms with van der Waals surface area (Å²) in [6, 6.07) is 26.8. The molecule has 2 aromatic heterocycles. The van der Waals surface area contributed by atoms with Gasteiger partial charge in [-0.15, -0.1) is 20.4 Å². The predicted octanol–water partition coefficient (Wildman–Crippen LogP) is 5.20. The Balaban J connectivity index is 0.000000193. The molecule has 0 spiro atoms. The van der Waals surface area contributed by atoms with Crippen LogP contribution in [0.5, 0.6) is 0 Å². The number of aryl methyl sites for hydroxylation is 4. The van der Waals surface area contributed by atoms with Crippen molar-refractivity contribution in [3.05, 3.63) is 151 Å². The molecular formula is C68H84N18O6. The molecule has 24 heteroatoms. The minimum Gasteiger partial charge on any atom is -0.352 e. The normalized spacial score (nSPS) is 18.1. The number of fused-ring (bicyclic) bond motifs is 4. The molecule has 6 aromatic rings. The number of aromatic nitrogens is 8. The van der Waals surface area contributed by atoms with Gasteiger partial charge in [0, 0.05) is 67.6 Å². The summed E-state index contributed by atoms with van der Waals surface area (Å²) in [6.45, 7) is 11.5. The first-order valence-electron chi connectivity index (χ1n) is 32.8. The number of benzene rings is 4. The van der Waals surface area contributed by atoms with Crippen LogP contribution in [0.15, 0.2) is 72.8 Å². The van der Waals surface area contributed by atoms with E-state index in [1.54, 1.807) is 9.80 Å². The molecular weight excluding hydrogens is 1160 g/mol. The van der Waals surface area contributed by atoms with E-state index in [-0.39, 0.29) is 66.7 Å². The van der Waals surface area contributed by atoms with Crippen LogP contribution in [0.2, 0.25) is 0 Å². The first-order valence-corrected chi connectivity index (χ1v) is 32.8. The van der Waals surface area contributed by atoms with Crippen molar-refractivity contribution >= 4 is 35.4 Å². The van der Waals surface area contributed by atoms with Gasteiger partial charge in [0.05, 0.1) is 36.1 Å². The third-order valence-corrected chi connectivity index (χ3v) is 18.4. The molecule has 0 radical (unpaired) electrons. The molecule has 3 atom stereocenters. The Hall–Kier alpha value is -9.26. The topological polar surface area (TPSA) is 338 Å². The summed E-state index contributed by atoms with van der Waals surface area (Å²) in [5, 5.41) is 68.8. The van der Waals surface area contributed by atoms with E-state index in [0.717, 1.165) is 70.2 Å². The molecule has 6 aliphatic rings. The van der Waals surface area contributed by atoms with Crippen molar-refractivity contribution in [3.8, 4) is 12.1 Å². The minimum absolute atomic E-state index is 0.0665. The summed E-state index contributed by atoms with van der Waals surface area (Å²) >= 11 is 0. The van der Waals surface area contributed by atoms with Crippen LogP contribution in [0, 0.1) is 28.6 Å². The summed E-state index contributed by atoms with van der Waals surface area (Å²) in [7, 11) is 0. The maximum Gasteiger partial charge on any atom is 0.251 e. The number of H-pyrrole nitrogens is 2. The van der Waals surface area contributed by atoms with E-state index in [4.69, 9.17) is 0 Å². The zero-order valence-corrected chi connectivity index (χ0v) is 53.1. The third-order valence-electron chi connectivity index (χ3n) is 18.4. The Labute approximate surface area is 536 Å². The smallest absolute Gasteiger partial charge is 0.251 e. The number of amides is 6. The van der Waals surface area contributed by atoms with Gasteiger partial charge in [0.2, 0.25) is 11.8 Å². The fraction of sp³-hybridized carbons (Fsp3) is 0.500. The minimum atomic E-state index is -0.889. The SMILES string of the molecule is C1CC1.CCNC(=O)c1ccc2c(c1)CCc1cc(C(=O)NCC)ccc1C2(CCNCC(=O)N1CCC[C@H]1C#N)c1nn[nH]n1.CCNC(=O)c1ccc2c(c1)CCc1cc(C(=O)NCC)ccc1C2(C[C@@H](NCC(=O)N1CCC[C@H]1C#N)C1CC1)c1nn[nH]n1. The second kappa shape index (κ2) is 30.2. The van der Waals surface area contributed by atoms with E-state index in [9.17, 15) is 39.3 Å². The van der Waals surface area contributed by atoms with Gasteiger partial charge >= 0.3 is 0 Å². The Morgan fingerprint density at radius 1 is 0.533 bits per heavy atom. The molecule has 12 rings (SSSR count). The molecule has 0 bridgehead atoms. The van der Waals surface area contributed by atoms with Crippen LogP contribution < -0.4 is 31.9 Å². The molecule has 24 nitrogen and oxygen atoms in total. The van der Waals surface area contributed by atoms with Gasteiger partial charge < -0.3 is 41.7 Å². The van der Waals surface area contributed by atoms with E-state index in [0.29, 0.717) is 137 Å². The summed E-state index contributed by atoms with van der Waals surface area (Å²) < 4.78 is 0. The average molecular weight is 1250 g/mol. The fourth-order valence-corrected chi connectivity index (χ4v) is 13.7. The summed E-state index contributed by atoms with van der Waals surface area (Å²) in [6.07, 6.45) is 13.2. The summed E-state index contributed by atoms with van der Waals surface area (Å²) in [4.78, 5) is 81.0. The van der Waals surface area contributed by atoms with Crippen molar-refractivity contribution in [3.63, 3.8) is 0 Å². The van der Waals surface area contributed by atoms with Gasteiger partial charge in [-0.2, -0.15) is 21.0 Å². The van der Waals surface area contributed by atoms with E-state index >= 15 is 0 Å². The predicted molar refractivity (Wildman–Crippen MR) is 342 cm³/mol. The zero-order valence-electron chi connectivity index (χ0n) is 53.1. The molecule has 4 heterocycles. The highest BCUT2D eigenvalue weighted by Crippen LogP contribution is 2.50. The molecule has 6 amide bonds. The number of tetrazole rings is 2. The highest BCUT2D eigenvalue weighted by atomic mass is 16.2. The second-order valence-corrected chi connectivity index (χ2v) is 24.5. The number of likely N-dealkylation sites (tertiary alicyclic amines) is 2. The van der Waals surface area contributed by atoms with Crippen LogP contribution in [-0.4, -0.2) is 164 Å².